The summed E-state index contributed by atoms with van der Waals surface area (Å²) in [4.78, 5) is 4.76. The van der Waals surface area contributed by atoms with Gasteiger partial charge in [-0.1, -0.05) is 30.3 Å². The lowest BCUT2D eigenvalue weighted by molar-refractivity contribution is 0.0601. The molecule has 0 aliphatic rings. The summed E-state index contributed by atoms with van der Waals surface area (Å²) in [5.41, 5.74) is 4.13. The molecule has 0 spiro atoms. The molecule has 32 heavy (non-hydrogen) atoms. The molecular formula is C25H35N5O2. The number of nitrogens with zero attached hydrogens (tertiary/aromatic N) is 3. The zero-order chi connectivity index (χ0) is 23.3. The summed E-state index contributed by atoms with van der Waals surface area (Å²) in [6.07, 6.45) is 0. The fourth-order valence-corrected chi connectivity index (χ4v) is 3.89. The Morgan fingerprint density at radius 3 is 2.50 bits per heavy atom. The highest BCUT2D eigenvalue weighted by Crippen LogP contribution is 2.26. The molecule has 0 aliphatic carbocycles. The summed E-state index contributed by atoms with van der Waals surface area (Å²) in [7, 11) is 0. The highest BCUT2D eigenvalue weighted by molar-refractivity contribution is 5.79. The lowest BCUT2D eigenvalue weighted by Gasteiger charge is -2.24. The average molecular weight is 438 g/mol. The molecule has 0 bridgehead atoms. The Morgan fingerprint density at radius 2 is 1.88 bits per heavy atom. The monoisotopic (exact) mass is 437 g/mol. The molecule has 0 saturated carbocycles. The minimum Gasteiger partial charge on any atom is -0.466 e. The maximum atomic E-state index is 11.0. The molecule has 0 fully saturated rings. The van der Waals surface area contributed by atoms with Crippen molar-refractivity contribution in [1.82, 2.24) is 20.4 Å². The number of rotatable bonds is 8. The second kappa shape index (κ2) is 10.0. The van der Waals surface area contributed by atoms with Crippen LogP contribution in [0.3, 0.4) is 0 Å². The number of benzene rings is 1. The Bertz CT molecular complexity index is 1060. The van der Waals surface area contributed by atoms with Crippen LogP contribution in [0.25, 0.3) is 0 Å². The first kappa shape index (κ1) is 23.6. The largest absolute Gasteiger partial charge is 0.466 e. The fraction of sp³-hybridized carbons (Fsp3) is 0.440. The van der Waals surface area contributed by atoms with Gasteiger partial charge in [-0.2, -0.15) is 5.10 Å². The Hall–Kier alpha value is -3.06. The SMILES string of the molecule is CCNC(=NCc1c(C)nn(Cc2ccccc2)c1C)NCC(C)(O)c1cc(C)oc1C. The highest BCUT2D eigenvalue weighted by atomic mass is 16.3. The van der Waals surface area contributed by atoms with Gasteiger partial charge in [0, 0.05) is 23.4 Å². The fourth-order valence-electron chi connectivity index (χ4n) is 3.89. The quantitative estimate of drug-likeness (QED) is 0.369. The maximum absolute atomic E-state index is 11.0. The van der Waals surface area contributed by atoms with Gasteiger partial charge in [-0.15, -0.1) is 0 Å². The van der Waals surface area contributed by atoms with E-state index in [0.29, 0.717) is 19.0 Å². The van der Waals surface area contributed by atoms with Crippen molar-refractivity contribution < 1.29 is 9.52 Å². The summed E-state index contributed by atoms with van der Waals surface area (Å²) in [5.74, 6) is 2.17. The normalized spacial score (nSPS) is 13.8. The number of aliphatic hydroxyl groups is 1. The van der Waals surface area contributed by atoms with Crippen molar-refractivity contribution in [2.45, 2.75) is 60.2 Å². The zero-order valence-corrected chi connectivity index (χ0v) is 20.0. The molecule has 0 saturated heterocycles. The van der Waals surface area contributed by atoms with E-state index >= 15 is 0 Å². The first-order chi connectivity index (χ1) is 15.2. The van der Waals surface area contributed by atoms with Crippen molar-refractivity contribution in [3.05, 3.63) is 76.0 Å². The van der Waals surface area contributed by atoms with Gasteiger partial charge in [-0.3, -0.25) is 4.68 Å². The van der Waals surface area contributed by atoms with E-state index in [1.54, 1.807) is 6.92 Å². The van der Waals surface area contributed by atoms with Crippen LogP contribution in [0.5, 0.6) is 0 Å². The molecule has 7 heteroatoms. The summed E-state index contributed by atoms with van der Waals surface area (Å²) in [6, 6.07) is 12.2. The summed E-state index contributed by atoms with van der Waals surface area (Å²) < 4.78 is 7.62. The molecule has 0 radical (unpaired) electrons. The predicted molar refractivity (Wildman–Crippen MR) is 128 cm³/mol. The summed E-state index contributed by atoms with van der Waals surface area (Å²) in [6.45, 7) is 13.9. The van der Waals surface area contributed by atoms with Gasteiger partial charge < -0.3 is 20.2 Å². The molecule has 7 nitrogen and oxygen atoms in total. The van der Waals surface area contributed by atoms with E-state index in [9.17, 15) is 5.11 Å². The molecule has 1 unspecified atom stereocenters. The van der Waals surface area contributed by atoms with E-state index in [1.807, 2.05) is 56.6 Å². The minimum atomic E-state index is -1.08. The van der Waals surface area contributed by atoms with Gasteiger partial charge in [0.15, 0.2) is 5.96 Å². The number of hydrogen-bond acceptors (Lipinski definition) is 4. The lowest BCUT2D eigenvalue weighted by Crippen LogP contribution is -2.44. The van der Waals surface area contributed by atoms with Crippen LogP contribution >= 0.6 is 0 Å². The standard InChI is InChI=1S/C25H35N5O2/c1-7-26-24(28-16-25(6,31)23-13-17(2)32-20(23)5)27-14-22-18(3)29-30(19(22)4)15-21-11-9-8-10-12-21/h8-13,31H,7,14-16H2,1-6H3,(H2,26,27,28). The van der Waals surface area contributed by atoms with Gasteiger partial charge in [-0.25, -0.2) is 4.99 Å². The number of nitrogens with one attached hydrogen (secondary N) is 2. The Kier molecular flexibility index (Phi) is 7.40. The van der Waals surface area contributed by atoms with Gasteiger partial charge in [0.05, 0.1) is 25.3 Å². The van der Waals surface area contributed by atoms with E-state index in [2.05, 4.69) is 29.7 Å². The maximum Gasteiger partial charge on any atom is 0.191 e. The number of aromatic nitrogens is 2. The number of guanidine groups is 1. The van der Waals surface area contributed by atoms with Crippen molar-refractivity contribution in [3.63, 3.8) is 0 Å². The molecule has 0 aliphatic heterocycles. The molecular weight excluding hydrogens is 402 g/mol. The van der Waals surface area contributed by atoms with Crippen molar-refractivity contribution in [2.24, 2.45) is 4.99 Å². The molecule has 172 valence electrons. The van der Waals surface area contributed by atoms with Crippen LogP contribution in [0.2, 0.25) is 0 Å². The third-order valence-electron chi connectivity index (χ3n) is 5.67. The van der Waals surface area contributed by atoms with E-state index in [1.165, 1.54) is 5.56 Å². The molecule has 0 amide bonds. The van der Waals surface area contributed by atoms with E-state index in [-0.39, 0.29) is 0 Å². The van der Waals surface area contributed by atoms with Crippen LogP contribution < -0.4 is 10.6 Å². The second-order valence-electron chi connectivity index (χ2n) is 8.44. The first-order valence-electron chi connectivity index (χ1n) is 11.1. The van der Waals surface area contributed by atoms with Gasteiger partial charge >= 0.3 is 0 Å². The molecule has 1 atom stereocenters. The molecule has 2 aromatic heterocycles. The van der Waals surface area contributed by atoms with Gasteiger partial charge in [-0.05, 0) is 53.2 Å². The van der Waals surface area contributed by atoms with Crippen molar-refractivity contribution in [2.75, 3.05) is 13.1 Å². The van der Waals surface area contributed by atoms with E-state index < -0.39 is 5.60 Å². The number of furan rings is 1. The highest BCUT2D eigenvalue weighted by Gasteiger charge is 2.28. The van der Waals surface area contributed by atoms with E-state index in [4.69, 9.17) is 14.5 Å². The van der Waals surface area contributed by atoms with Gasteiger partial charge in [0.1, 0.15) is 17.1 Å². The average Bonchev–Trinajstić information content (AvgIpc) is 3.23. The third-order valence-corrected chi connectivity index (χ3v) is 5.67. The van der Waals surface area contributed by atoms with Crippen LogP contribution in [0.4, 0.5) is 0 Å². The van der Waals surface area contributed by atoms with E-state index in [0.717, 1.165) is 47.1 Å². The predicted octanol–water partition coefficient (Wildman–Crippen LogP) is 3.72. The molecule has 3 rings (SSSR count). The van der Waals surface area contributed by atoms with Crippen LogP contribution in [0, 0.1) is 27.7 Å². The molecule has 2 heterocycles. The summed E-state index contributed by atoms with van der Waals surface area (Å²) in [5, 5.41) is 22.2. The van der Waals surface area contributed by atoms with Crippen molar-refractivity contribution in [1.29, 1.82) is 0 Å². The second-order valence-corrected chi connectivity index (χ2v) is 8.44. The van der Waals surface area contributed by atoms with Crippen LogP contribution in [-0.4, -0.2) is 33.9 Å². The molecule has 1 aromatic carbocycles. The van der Waals surface area contributed by atoms with Crippen LogP contribution in [-0.2, 0) is 18.7 Å². The van der Waals surface area contributed by atoms with Crippen LogP contribution in [0.1, 0.15) is 53.4 Å². The minimum absolute atomic E-state index is 0.309. The van der Waals surface area contributed by atoms with Crippen molar-refractivity contribution >= 4 is 5.96 Å². The van der Waals surface area contributed by atoms with Crippen LogP contribution in [0.15, 0.2) is 45.8 Å². The number of aliphatic imine (C=N–C) groups is 1. The molecule has 3 aromatic rings. The Balaban J connectivity index is 1.72. The van der Waals surface area contributed by atoms with Gasteiger partial charge in [0.2, 0.25) is 0 Å². The smallest absolute Gasteiger partial charge is 0.191 e. The Morgan fingerprint density at radius 1 is 1.16 bits per heavy atom. The van der Waals surface area contributed by atoms with Crippen molar-refractivity contribution in [3.8, 4) is 0 Å². The number of hydrogen-bond donors (Lipinski definition) is 3. The van der Waals surface area contributed by atoms with Gasteiger partial charge in [0.25, 0.3) is 0 Å². The first-order valence-corrected chi connectivity index (χ1v) is 11.1. The molecule has 3 N–H and O–H groups in total. The topological polar surface area (TPSA) is 87.6 Å². The lowest BCUT2D eigenvalue weighted by atomic mass is 9.96. The summed E-state index contributed by atoms with van der Waals surface area (Å²) >= 11 is 0. The third kappa shape index (κ3) is 5.59. The Labute approximate surface area is 190 Å². The zero-order valence-electron chi connectivity index (χ0n) is 20.0. The number of aryl methyl sites for hydroxylation is 3.